The van der Waals surface area contributed by atoms with Crippen molar-refractivity contribution in [3.05, 3.63) is 88.6 Å². The molecule has 3 aromatic rings. The third kappa shape index (κ3) is 5.69. The fourth-order valence-electron chi connectivity index (χ4n) is 4.90. The molecule has 1 fully saturated rings. The van der Waals surface area contributed by atoms with Crippen molar-refractivity contribution in [3.8, 4) is 0 Å². The van der Waals surface area contributed by atoms with E-state index in [1.165, 1.54) is 25.4 Å². The Labute approximate surface area is 234 Å². The summed E-state index contributed by atoms with van der Waals surface area (Å²) in [6.45, 7) is 0.385. The van der Waals surface area contributed by atoms with Crippen molar-refractivity contribution in [2.45, 2.75) is 24.5 Å². The van der Waals surface area contributed by atoms with Gasteiger partial charge in [0, 0.05) is 42.4 Å². The Hall–Kier alpha value is -4.64. The lowest BCUT2D eigenvalue weighted by Crippen LogP contribution is -2.50. The number of hydrogen-bond acceptors (Lipinski definition) is 7. The van der Waals surface area contributed by atoms with E-state index in [9.17, 15) is 19.2 Å². The standard InChI is InChI=1S/C28H26ClN5O6/c1-39-26(37)31-20-9-7-18(8-10-20)24(35)32-22(13-17-5-3-2-4-6-17)25(36)34-12-11-28(16-34)21-14-19(29)15-30-23(21)33-27(38)40-28/h2-10,14-15,22H,11-13,16H2,1H3,(H,31,37)(H,32,35)(H,30,33,38)/t22-,28-/m0/s1. The monoisotopic (exact) mass is 563 g/mol. The molecule has 5 rings (SSSR count). The molecule has 2 aromatic carbocycles. The predicted molar refractivity (Wildman–Crippen MR) is 146 cm³/mol. The summed E-state index contributed by atoms with van der Waals surface area (Å²) < 4.78 is 10.3. The van der Waals surface area contributed by atoms with Crippen LogP contribution in [-0.2, 0) is 26.3 Å². The highest BCUT2D eigenvalue weighted by Crippen LogP contribution is 2.43. The van der Waals surface area contributed by atoms with E-state index in [-0.39, 0.29) is 18.9 Å². The molecule has 0 aliphatic carbocycles. The van der Waals surface area contributed by atoms with Crippen LogP contribution >= 0.6 is 11.6 Å². The summed E-state index contributed by atoms with van der Waals surface area (Å²) in [4.78, 5) is 56.6. The lowest BCUT2D eigenvalue weighted by Gasteiger charge is -2.35. The molecule has 3 heterocycles. The van der Waals surface area contributed by atoms with Gasteiger partial charge < -0.3 is 19.7 Å². The summed E-state index contributed by atoms with van der Waals surface area (Å²) in [7, 11) is 1.25. The molecule has 4 amide bonds. The quantitative estimate of drug-likeness (QED) is 0.413. The second kappa shape index (κ2) is 11.2. The maximum atomic E-state index is 13.9. The van der Waals surface area contributed by atoms with E-state index in [2.05, 4.69) is 25.7 Å². The zero-order valence-corrected chi connectivity index (χ0v) is 22.2. The van der Waals surface area contributed by atoms with Gasteiger partial charge in [-0.2, -0.15) is 0 Å². The summed E-state index contributed by atoms with van der Waals surface area (Å²) >= 11 is 6.19. The van der Waals surface area contributed by atoms with Crippen molar-refractivity contribution in [3.63, 3.8) is 0 Å². The second-order valence-corrected chi connectivity index (χ2v) is 9.91. The van der Waals surface area contributed by atoms with Gasteiger partial charge in [-0.15, -0.1) is 0 Å². The number of carbonyl (C=O) groups is 4. The number of ether oxygens (including phenoxy) is 2. The molecule has 2 atom stereocenters. The summed E-state index contributed by atoms with van der Waals surface area (Å²) in [5, 5.41) is 8.34. The van der Waals surface area contributed by atoms with Crippen molar-refractivity contribution in [2.24, 2.45) is 0 Å². The normalized spacial score (nSPS) is 18.2. The first-order valence-electron chi connectivity index (χ1n) is 12.5. The lowest BCUT2D eigenvalue weighted by molar-refractivity contribution is -0.133. The number of halogens is 1. The van der Waals surface area contributed by atoms with Gasteiger partial charge in [0.25, 0.3) is 5.91 Å². The highest BCUT2D eigenvalue weighted by molar-refractivity contribution is 6.30. The topological polar surface area (TPSA) is 139 Å². The minimum atomic E-state index is -1.10. The van der Waals surface area contributed by atoms with E-state index in [4.69, 9.17) is 16.3 Å². The Morgan fingerprint density at radius 2 is 1.93 bits per heavy atom. The second-order valence-electron chi connectivity index (χ2n) is 9.48. The molecule has 1 saturated heterocycles. The van der Waals surface area contributed by atoms with E-state index in [0.717, 1.165) is 5.56 Å². The summed E-state index contributed by atoms with van der Waals surface area (Å²) in [5.41, 5.74) is 1.12. The molecule has 0 unspecified atom stereocenters. The van der Waals surface area contributed by atoms with E-state index in [0.29, 0.717) is 40.6 Å². The van der Waals surface area contributed by atoms with E-state index < -0.39 is 29.7 Å². The van der Waals surface area contributed by atoms with Gasteiger partial charge in [0.05, 0.1) is 18.7 Å². The molecule has 0 saturated carbocycles. The van der Waals surface area contributed by atoms with Gasteiger partial charge >= 0.3 is 12.2 Å². The van der Waals surface area contributed by atoms with E-state index in [1.54, 1.807) is 23.1 Å². The van der Waals surface area contributed by atoms with Crippen LogP contribution in [0, 0.1) is 0 Å². The molecule has 0 bridgehead atoms. The van der Waals surface area contributed by atoms with Gasteiger partial charge in [-0.05, 0) is 35.9 Å². The summed E-state index contributed by atoms with van der Waals surface area (Å²) in [6, 6.07) is 16.3. The Bertz CT molecular complexity index is 1450. The number of rotatable bonds is 6. The Kier molecular flexibility index (Phi) is 7.56. The van der Waals surface area contributed by atoms with Crippen LogP contribution in [0.5, 0.6) is 0 Å². The number of anilines is 2. The van der Waals surface area contributed by atoms with Gasteiger partial charge in [0.1, 0.15) is 11.9 Å². The molecule has 3 N–H and O–H groups in total. The van der Waals surface area contributed by atoms with Crippen LogP contribution in [-0.4, -0.2) is 60.1 Å². The molecule has 2 aliphatic rings. The van der Waals surface area contributed by atoms with Gasteiger partial charge in [-0.3, -0.25) is 20.2 Å². The van der Waals surface area contributed by atoms with Crippen molar-refractivity contribution >= 4 is 47.1 Å². The van der Waals surface area contributed by atoms with Gasteiger partial charge in [-0.1, -0.05) is 41.9 Å². The average molecular weight is 564 g/mol. The van der Waals surface area contributed by atoms with Crippen molar-refractivity contribution in [1.29, 1.82) is 0 Å². The van der Waals surface area contributed by atoms with Crippen molar-refractivity contribution in [1.82, 2.24) is 15.2 Å². The first-order valence-corrected chi connectivity index (χ1v) is 12.9. The number of hydrogen-bond donors (Lipinski definition) is 3. The number of pyridine rings is 1. The first kappa shape index (κ1) is 26.9. The minimum Gasteiger partial charge on any atom is -0.453 e. The maximum Gasteiger partial charge on any atom is 0.413 e. The van der Waals surface area contributed by atoms with Crippen molar-refractivity contribution in [2.75, 3.05) is 30.8 Å². The fourth-order valence-corrected chi connectivity index (χ4v) is 5.06. The fraction of sp³-hybridized carbons (Fsp3) is 0.250. The largest absolute Gasteiger partial charge is 0.453 e. The highest BCUT2D eigenvalue weighted by Gasteiger charge is 2.50. The number of likely N-dealkylation sites (tertiary alicyclic amines) is 1. The predicted octanol–water partition coefficient (Wildman–Crippen LogP) is 3.94. The minimum absolute atomic E-state index is 0.0866. The Morgan fingerprint density at radius 1 is 1.18 bits per heavy atom. The van der Waals surface area contributed by atoms with Crippen LogP contribution in [0.2, 0.25) is 5.02 Å². The Morgan fingerprint density at radius 3 is 2.65 bits per heavy atom. The SMILES string of the molecule is COC(=O)Nc1ccc(C(=O)N[C@@H](Cc2ccccc2)C(=O)N2CC[C@@]3(C2)OC(=O)Nc2ncc(Cl)cc23)cc1. The van der Waals surface area contributed by atoms with Crippen LogP contribution < -0.4 is 16.0 Å². The molecule has 12 heteroatoms. The number of amides is 4. The number of methoxy groups -OCH3 is 1. The molecule has 1 spiro atoms. The zero-order chi connectivity index (χ0) is 28.3. The molecule has 40 heavy (non-hydrogen) atoms. The molecule has 11 nitrogen and oxygen atoms in total. The molecular weight excluding hydrogens is 538 g/mol. The van der Waals surface area contributed by atoms with Crippen LogP contribution in [0.3, 0.4) is 0 Å². The van der Waals surface area contributed by atoms with Crippen LogP contribution in [0.25, 0.3) is 0 Å². The van der Waals surface area contributed by atoms with Gasteiger partial charge in [-0.25, -0.2) is 14.6 Å². The van der Waals surface area contributed by atoms with Crippen LogP contribution in [0.1, 0.15) is 27.9 Å². The third-order valence-corrected chi connectivity index (χ3v) is 7.07. The maximum absolute atomic E-state index is 13.9. The number of nitrogens with zero attached hydrogens (tertiary/aromatic N) is 2. The number of fused-ring (bicyclic) bond motifs is 2. The molecule has 0 radical (unpaired) electrons. The molecule has 1 aromatic heterocycles. The zero-order valence-electron chi connectivity index (χ0n) is 21.5. The molecular formula is C28H26ClN5O6. The van der Waals surface area contributed by atoms with Crippen LogP contribution in [0.4, 0.5) is 21.1 Å². The van der Waals surface area contributed by atoms with Crippen molar-refractivity contribution < 1.29 is 28.7 Å². The number of benzene rings is 2. The number of aromatic nitrogens is 1. The summed E-state index contributed by atoms with van der Waals surface area (Å²) in [5.74, 6) is -0.430. The van der Waals surface area contributed by atoms with Gasteiger partial charge in [0.2, 0.25) is 5.91 Å². The summed E-state index contributed by atoms with van der Waals surface area (Å²) in [6.07, 6.45) is 0.746. The third-order valence-electron chi connectivity index (χ3n) is 6.86. The van der Waals surface area contributed by atoms with Gasteiger partial charge in [0.15, 0.2) is 5.60 Å². The molecule has 2 aliphatic heterocycles. The highest BCUT2D eigenvalue weighted by atomic mass is 35.5. The molecule has 206 valence electrons. The average Bonchev–Trinajstić information content (AvgIpc) is 3.37. The first-order chi connectivity index (χ1) is 19.3. The van der Waals surface area contributed by atoms with E-state index in [1.807, 2.05) is 30.3 Å². The number of nitrogens with one attached hydrogen (secondary N) is 3. The van der Waals surface area contributed by atoms with Crippen LogP contribution in [0.15, 0.2) is 66.9 Å². The smallest absolute Gasteiger partial charge is 0.413 e. The Balaban J connectivity index is 1.36. The number of carbonyl (C=O) groups excluding carboxylic acids is 4. The van der Waals surface area contributed by atoms with E-state index >= 15 is 0 Å². The lowest BCUT2D eigenvalue weighted by atomic mass is 9.92.